The quantitative estimate of drug-likeness (QED) is 0.840. The fourth-order valence-electron chi connectivity index (χ4n) is 2.38. The Kier molecular flexibility index (Phi) is 3.51. The summed E-state index contributed by atoms with van der Waals surface area (Å²) in [7, 11) is 0. The van der Waals surface area contributed by atoms with E-state index in [9.17, 15) is 9.59 Å². The van der Waals surface area contributed by atoms with Gasteiger partial charge in [-0.2, -0.15) is 0 Å². The molecule has 3 rings (SSSR count). The predicted octanol–water partition coefficient (Wildman–Crippen LogP) is -0.189. The van der Waals surface area contributed by atoms with Gasteiger partial charge in [0.1, 0.15) is 0 Å². The van der Waals surface area contributed by atoms with E-state index in [4.69, 9.17) is 4.42 Å². The number of hydrogen-bond donors (Lipinski definition) is 1. The number of amides is 1. The minimum absolute atomic E-state index is 0.0590. The number of nitrogens with one attached hydrogen (secondary N) is 1. The zero-order valence-corrected chi connectivity index (χ0v) is 11.0. The molecule has 1 fully saturated rings. The van der Waals surface area contributed by atoms with Gasteiger partial charge < -0.3 is 14.6 Å². The SMILES string of the molecule is O=C(CCn1c(=O)oc2cccnc21)N1CCNCC1. The highest BCUT2D eigenvalue weighted by Crippen LogP contribution is 2.09. The molecule has 0 bridgehead atoms. The van der Waals surface area contributed by atoms with Gasteiger partial charge in [0.2, 0.25) is 5.91 Å². The lowest BCUT2D eigenvalue weighted by molar-refractivity contribution is -0.132. The summed E-state index contributed by atoms with van der Waals surface area (Å²) < 4.78 is 6.50. The van der Waals surface area contributed by atoms with E-state index in [1.807, 2.05) is 4.90 Å². The number of aromatic nitrogens is 2. The molecule has 3 heterocycles. The van der Waals surface area contributed by atoms with Crippen LogP contribution >= 0.6 is 0 Å². The van der Waals surface area contributed by atoms with E-state index >= 15 is 0 Å². The van der Waals surface area contributed by atoms with E-state index in [2.05, 4.69) is 10.3 Å². The van der Waals surface area contributed by atoms with Crippen molar-refractivity contribution in [1.29, 1.82) is 0 Å². The van der Waals surface area contributed by atoms with Crippen LogP contribution in [-0.4, -0.2) is 46.5 Å². The minimum Gasteiger partial charge on any atom is -0.406 e. The number of nitrogens with zero attached hydrogens (tertiary/aromatic N) is 3. The Morgan fingerprint density at radius 3 is 3.00 bits per heavy atom. The normalized spacial score (nSPS) is 15.7. The zero-order valence-electron chi connectivity index (χ0n) is 11.0. The van der Waals surface area contributed by atoms with Crippen LogP contribution in [0.25, 0.3) is 11.2 Å². The van der Waals surface area contributed by atoms with Crippen LogP contribution in [0.2, 0.25) is 0 Å². The molecule has 2 aromatic rings. The Morgan fingerprint density at radius 1 is 1.40 bits per heavy atom. The predicted molar refractivity (Wildman–Crippen MR) is 72.3 cm³/mol. The van der Waals surface area contributed by atoms with E-state index in [0.29, 0.717) is 17.8 Å². The van der Waals surface area contributed by atoms with Crippen molar-refractivity contribution in [2.75, 3.05) is 26.2 Å². The van der Waals surface area contributed by atoms with Crippen LogP contribution in [0.1, 0.15) is 6.42 Å². The number of carbonyl (C=O) groups excluding carboxylic acids is 1. The first kappa shape index (κ1) is 12.9. The summed E-state index contributed by atoms with van der Waals surface area (Å²) in [6.07, 6.45) is 1.89. The van der Waals surface area contributed by atoms with E-state index in [0.717, 1.165) is 26.2 Å². The van der Waals surface area contributed by atoms with Crippen molar-refractivity contribution >= 4 is 17.1 Å². The van der Waals surface area contributed by atoms with Gasteiger partial charge in [-0.3, -0.25) is 9.36 Å². The minimum atomic E-state index is -0.466. The van der Waals surface area contributed by atoms with Crippen LogP contribution in [0.15, 0.2) is 27.5 Å². The third-order valence-electron chi connectivity index (χ3n) is 3.44. The molecule has 1 amide bonds. The van der Waals surface area contributed by atoms with E-state index in [1.54, 1.807) is 18.3 Å². The lowest BCUT2D eigenvalue weighted by atomic mass is 10.3. The molecule has 0 aromatic carbocycles. The Hall–Kier alpha value is -2.15. The molecule has 0 saturated carbocycles. The number of piperazine rings is 1. The number of aryl methyl sites for hydroxylation is 1. The van der Waals surface area contributed by atoms with Crippen molar-refractivity contribution in [2.45, 2.75) is 13.0 Å². The van der Waals surface area contributed by atoms with Crippen LogP contribution in [0.5, 0.6) is 0 Å². The van der Waals surface area contributed by atoms with Crippen LogP contribution < -0.4 is 11.1 Å². The van der Waals surface area contributed by atoms with E-state index in [1.165, 1.54) is 4.57 Å². The molecule has 2 aromatic heterocycles. The molecule has 1 N–H and O–H groups in total. The number of carbonyl (C=O) groups is 1. The first-order chi connectivity index (χ1) is 9.75. The highest BCUT2D eigenvalue weighted by Gasteiger charge is 2.17. The molecule has 0 aliphatic carbocycles. The molecule has 7 heteroatoms. The van der Waals surface area contributed by atoms with Crippen molar-refractivity contribution in [3.63, 3.8) is 0 Å². The number of pyridine rings is 1. The van der Waals surface area contributed by atoms with Crippen molar-refractivity contribution < 1.29 is 9.21 Å². The van der Waals surface area contributed by atoms with Crippen LogP contribution in [-0.2, 0) is 11.3 Å². The first-order valence-electron chi connectivity index (χ1n) is 6.68. The lowest BCUT2D eigenvalue weighted by Crippen LogP contribution is -2.46. The molecule has 1 aliphatic heterocycles. The molecule has 106 valence electrons. The van der Waals surface area contributed by atoms with Gasteiger partial charge in [-0.1, -0.05) is 0 Å². The van der Waals surface area contributed by atoms with Crippen molar-refractivity contribution in [3.8, 4) is 0 Å². The van der Waals surface area contributed by atoms with Crippen LogP contribution in [0, 0.1) is 0 Å². The summed E-state index contributed by atoms with van der Waals surface area (Å²) >= 11 is 0. The molecule has 1 saturated heterocycles. The zero-order chi connectivity index (χ0) is 13.9. The monoisotopic (exact) mass is 276 g/mol. The van der Waals surface area contributed by atoms with Gasteiger partial charge in [-0.05, 0) is 12.1 Å². The van der Waals surface area contributed by atoms with Gasteiger partial charge in [0, 0.05) is 45.3 Å². The smallest absolute Gasteiger partial charge is 0.406 e. The largest absolute Gasteiger partial charge is 0.421 e. The van der Waals surface area contributed by atoms with Crippen molar-refractivity contribution in [2.24, 2.45) is 0 Å². The molecular formula is C13H16N4O3. The summed E-state index contributed by atoms with van der Waals surface area (Å²) in [4.78, 5) is 29.8. The maximum absolute atomic E-state index is 12.1. The number of hydrogen-bond acceptors (Lipinski definition) is 5. The Labute approximate surface area is 115 Å². The molecule has 0 spiro atoms. The second kappa shape index (κ2) is 5.46. The van der Waals surface area contributed by atoms with Crippen LogP contribution in [0.3, 0.4) is 0 Å². The highest BCUT2D eigenvalue weighted by molar-refractivity contribution is 5.76. The maximum atomic E-state index is 12.1. The van der Waals surface area contributed by atoms with Crippen LogP contribution in [0.4, 0.5) is 0 Å². The number of rotatable bonds is 3. The molecule has 20 heavy (non-hydrogen) atoms. The second-order valence-corrected chi connectivity index (χ2v) is 4.73. The van der Waals surface area contributed by atoms with E-state index < -0.39 is 5.76 Å². The average Bonchev–Trinajstić information content (AvgIpc) is 2.81. The first-order valence-corrected chi connectivity index (χ1v) is 6.68. The van der Waals surface area contributed by atoms with Gasteiger partial charge in [0.25, 0.3) is 0 Å². The summed E-state index contributed by atoms with van der Waals surface area (Å²) in [6, 6.07) is 3.40. The van der Waals surface area contributed by atoms with Gasteiger partial charge in [0.15, 0.2) is 11.2 Å². The van der Waals surface area contributed by atoms with E-state index in [-0.39, 0.29) is 12.3 Å². The molecular weight excluding hydrogens is 260 g/mol. The summed E-state index contributed by atoms with van der Waals surface area (Å²) in [6.45, 7) is 3.38. The Morgan fingerprint density at radius 2 is 2.20 bits per heavy atom. The van der Waals surface area contributed by atoms with Gasteiger partial charge in [-0.15, -0.1) is 0 Å². The molecule has 0 unspecified atom stereocenters. The molecule has 0 radical (unpaired) electrons. The topological polar surface area (TPSA) is 80.4 Å². The maximum Gasteiger partial charge on any atom is 0.421 e. The van der Waals surface area contributed by atoms with Gasteiger partial charge in [-0.25, -0.2) is 9.78 Å². The Balaban J connectivity index is 1.72. The van der Waals surface area contributed by atoms with Crippen molar-refractivity contribution in [3.05, 3.63) is 28.9 Å². The van der Waals surface area contributed by atoms with Crippen molar-refractivity contribution in [1.82, 2.24) is 19.8 Å². The lowest BCUT2D eigenvalue weighted by Gasteiger charge is -2.27. The number of oxazole rings is 1. The standard InChI is InChI=1S/C13H16N4O3/c18-11(16-8-5-14-6-9-16)3-7-17-12-10(20-13(17)19)2-1-4-15-12/h1-2,4,14H,3,5-9H2. The molecule has 0 atom stereocenters. The second-order valence-electron chi connectivity index (χ2n) is 4.73. The average molecular weight is 276 g/mol. The summed E-state index contributed by atoms with van der Waals surface area (Å²) in [5, 5.41) is 3.20. The fraction of sp³-hybridized carbons (Fsp3) is 0.462. The van der Waals surface area contributed by atoms with Gasteiger partial charge in [0.05, 0.1) is 0 Å². The summed E-state index contributed by atoms with van der Waals surface area (Å²) in [5.74, 6) is -0.407. The third-order valence-corrected chi connectivity index (χ3v) is 3.44. The number of fused-ring (bicyclic) bond motifs is 1. The third kappa shape index (κ3) is 2.44. The van der Waals surface area contributed by atoms with Gasteiger partial charge >= 0.3 is 5.76 Å². The Bertz CT molecular complexity index is 670. The molecule has 7 nitrogen and oxygen atoms in total. The fourth-order valence-corrected chi connectivity index (χ4v) is 2.38. The highest BCUT2D eigenvalue weighted by atomic mass is 16.4. The summed E-state index contributed by atoms with van der Waals surface area (Å²) in [5.41, 5.74) is 0.942. The molecule has 1 aliphatic rings.